The number of aliphatic hydroxyl groups is 1. The van der Waals surface area contributed by atoms with Gasteiger partial charge in [-0.15, -0.1) is 0 Å². The third-order valence-corrected chi connectivity index (χ3v) is 4.04. The number of amides is 1. The minimum atomic E-state index is 0.252. The molecule has 3 nitrogen and oxygen atoms in total. The van der Waals surface area contributed by atoms with Crippen molar-refractivity contribution in [2.75, 3.05) is 24.7 Å². The lowest BCUT2D eigenvalue weighted by molar-refractivity contribution is -0.125. The molecule has 1 aliphatic carbocycles. The van der Waals surface area contributed by atoms with Crippen molar-refractivity contribution in [3.63, 3.8) is 0 Å². The highest BCUT2D eigenvalue weighted by Crippen LogP contribution is 2.23. The van der Waals surface area contributed by atoms with Gasteiger partial charge in [0, 0.05) is 24.8 Å². The summed E-state index contributed by atoms with van der Waals surface area (Å²) in [5.41, 5.74) is 0. The molecule has 0 spiro atoms. The highest BCUT2D eigenvalue weighted by atomic mass is 32.2. The van der Waals surface area contributed by atoms with Gasteiger partial charge in [0.1, 0.15) is 0 Å². The van der Waals surface area contributed by atoms with Crippen LogP contribution < -0.4 is 5.32 Å². The Balaban J connectivity index is 1.97. The van der Waals surface area contributed by atoms with Crippen LogP contribution in [0.4, 0.5) is 0 Å². The van der Waals surface area contributed by atoms with Crippen molar-refractivity contribution in [1.29, 1.82) is 0 Å². The van der Waals surface area contributed by atoms with E-state index in [1.54, 1.807) is 11.8 Å². The van der Waals surface area contributed by atoms with Gasteiger partial charge in [0.25, 0.3) is 0 Å². The van der Waals surface area contributed by atoms with Gasteiger partial charge in [-0.05, 0) is 25.0 Å². The molecule has 94 valence electrons. The first-order chi connectivity index (χ1) is 7.84. The molecule has 0 unspecified atom stereocenters. The monoisotopic (exact) mass is 245 g/mol. The van der Waals surface area contributed by atoms with Crippen LogP contribution in [0.2, 0.25) is 0 Å². The number of thioether (sulfide) groups is 1. The van der Waals surface area contributed by atoms with E-state index in [0.29, 0.717) is 0 Å². The molecular weight excluding hydrogens is 222 g/mol. The largest absolute Gasteiger partial charge is 0.396 e. The first-order valence-corrected chi connectivity index (χ1v) is 7.46. The van der Waals surface area contributed by atoms with Crippen molar-refractivity contribution in [3.8, 4) is 0 Å². The van der Waals surface area contributed by atoms with Crippen molar-refractivity contribution in [1.82, 2.24) is 5.32 Å². The maximum absolute atomic E-state index is 11.7. The van der Waals surface area contributed by atoms with Crippen molar-refractivity contribution >= 4 is 17.7 Å². The molecule has 0 saturated heterocycles. The minimum Gasteiger partial charge on any atom is -0.396 e. The molecule has 1 rings (SSSR count). The fourth-order valence-electron chi connectivity index (χ4n) is 2.02. The van der Waals surface area contributed by atoms with Crippen LogP contribution in [0.15, 0.2) is 0 Å². The third-order valence-electron chi connectivity index (χ3n) is 2.97. The molecule has 1 amide bonds. The summed E-state index contributed by atoms with van der Waals surface area (Å²) in [6, 6.07) is 0. The molecule has 0 radical (unpaired) electrons. The van der Waals surface area contributed by atoms with Crippen molar-refractivity contribution in [3.05, 3.63) is 0 Å². The summed E-state index contributed by atoms with van der Waals surface area (Å²) in [6.45, 7) is 1.03. The van der Waals surface area contributed by atoms with Crippen LogP contribution in [-0.2, 0) is 4.79 Å². The zero-order valence-electron chi connectivity index (χ0n) is 9.91. The van der Waals surface area contributed by atoms with Crippen LogP contribution in [0.1, 0.15) is 38.5 Å². The second kappa shape index (κ2) is 8.88. The lowest BCUT2D eigenvalue weighted by Crippen LogP contribution is -2.33. The standard InChI is InChI=1S/C12H23NO2S/c14-8-4-9-16-10-7-13-12(15)11-5-2-1-3-6-11/h11,14H,1-10H2,(H,13,15). The number of hydrogen-bond donors (Lipinski definition) is 2. The summed E-state index contributed by atoms with van der Waals surface area (Å²) < 4.78 is 0. The molecule has 0 heterocycles. The molecule has 16 heavy (non-hydrogen) atoms. The molecule has 0 aromatic rings. The van der Waals surface area contributed by atoms with Gasteiger partial charge >= 0.3 is 0 Å². The van der Waals surface area contributed by atoms with Crippen molar-refractivity contribution < 1.29 is 9.90 Å². The van der Waals surface area contributed by atoms with Crippen LogP contribution in [-0.4, -0.2) is 35.7 Å². The van der Waals surface area contributed by atoms with Gasteiger partial charge < -0.3 is 10.4 Å². The zero-order valence-corrected chi connectivity index (χ0v) is 10.7. The Hall–Kier alpha value is -0.220. The number of hydrogen-bond acceptors (Lipinski definition) is 3. The molecule has 0 bridgehead atoms. The fraction of sp³-hybridized carbons (Fsp3) is 0.917. The maximum atomic E-state index is 11.7. The Morgan fingerprint density at radius 3 is 2.69 bits per heavy atom. The Morgan fingerprint density at radius 1 is 1.25 bits per heavy atom. The molecule has 1 fully saturated rings. The molecule has 1 aliphatic rings. The lowest BCUT2D eigenvalue weighted by Gasteiger charge is -2.20. The third kappa shape index (κ3) is 5.75. The van der Waals surface area contributed by atoms with Gasteiger partial charge in [0.15, 0.2) is 0 Å². The van der Waals surface area contributed by atoms with Gasteiger partial charge in [0.05, 0.1) is 0 Å². The molecule has 0 aromatic carbocycles. The topological polar surface area (TPSA) is 49.3 Å². The van der Waals surface area contributed by atoms with E-state index >= 15 is 0 Å². The fourth-order valence-corrected chi connectivity index (χ4v) is 2.81. The van der Waals surface area contributed by atoms with Gasteiger partial charge in [-0.25, -0.2) is 0 Å². The van der Waals surface area contributed by atoms with E-state index in [0.717, 1.165) is 37.3 Å². The lowest BCUT2D eigenvalue weighted by atomic mass is 9.89. The zero-order chi connectivity index (χ0) is 11.6. The Morgan fingerprint density at radius 2 is 2.00 bits per heavy atom. The van der Waals surface area contributed by atoms with Crippen LogP contribution in [0.3, 0.4) is 0 Å². The number of aliphatic hydroxyl groups excluding tert-OH is 1. The number of rotatable bonds is 7. The van der Waals surface area contributed by atoms with Gasteiger partial charge in [-0.1, -0.05) is 19.3 Å². The van der Waals surface area contributed by atoms with Crippen LogP contribution in [0.25, 0.3) is 0 Å². The first-order valence-electron chi connectivity index (χ1n) is 6.31. The van der Waals surface area contributed by atoms with E-state index in [1.165, 1.54) is 19.3 Å². The highest BCUT2D eigenvalue weighted by Gasteiger charge is 2.20. The second-order valence-electron chi connectivity index (χ2n) is 4.32. The molecule has 1 saturated carbocycles. The van der Waals surface area contributed by atoms with Crippen LogP contribution in [0.5, 0.6) is 0 Å². The molecule has 2 N–H and O–H groups in total. The van der Waals surface area contributed by atoms with Gasteiger partial charge in [-0.3, -0.25) is 4.79 Å². The summed E-state index contributed by atoms with van der Waals surface area (Å²) in [4.78, 5) is 11.7. The molecule has 0 atom stereocenters. The van der Waals surface area contributed by atoms with E-state index < -0.39 is 0 Å². The highest BCUT2D eigenvalue weighted by molar-refractivity contribution is 7.99. The normalized spacial score (nSPS) is 17.3. The van der Waals surface area contributed by atoms with E-state index in [-0.39, 0.29) is 18.4 Å². The van der Waals surface area contributed by atoms with E-state index in [9.17, 15) is 4.79 Å². The summed E-state index contributed by atoms with van der Waals surface area (Å²) in [6.07, 6.45) is 6.71. The van der Waals surface area contributed by atoms with Crippen molar-refractivity contribution in [2.24, 2.45) is 5.92 Å². The quantitative estimate of drug-likeness (QED) is 0.672. The predicted molar refractivity (Wildman–Crippen MR) is 68.6 cm³/mol. The van der Waals surface area contributed by atoms with Gasteiger partial charge in [0.2, 0.25) is 5.91 Å². The van der Waals surface area contributed by atoms with Crippen molar-refractivity contribution in [2.45, 2.75) is 38.5 Å². The maximum Gasteiger partial charge on any atom is 0.223 e. The summed E-state index contributed by atoms with van der Waals surface area (Å²) >= 11 is 1.79. The van der Waals surface area contributed by atoms with E-state index in [1.807, 2.05) is 0 Å². The summed E-state index contributed by atoms with van der Waals surface area (Å²) in [5.74, 6) is 2.47. The number of carbonyl (C=O) groups excluding carboxylic acids is 1. The van der Waals surface area contributed by atoms with Crippen LogP contribution >= 0.6 is 11.8 Å². The average molecular weight is 245 g/mol. The first kappa shape index (κ1) is 13.8. The molecular formula is C12H23NO2S. The Labute approximate surface area is 102 Å². The average Bonchev–Trinajstić information content (AvgIpc) is 2.34. The minimum absolute atomic E-state index is 0.252. The number of nitrogens with one attached hydrogen (secondary N) is 1. The predicted octanol–water partition coefficient (Wildman–Crippen LogP) is 1.80. The SMILES string of the molecule is O=C(NCCSCCCO)C1CCCCC1. The Kier molecular flexibility index (Phi) is 7.68. The summed E-state index contributed by atoms with van der Waals surface area (Å²) in [5, 5.41) is 11.6. The molecule has 0 aliphatic heterocycles. The van der Waals surface area contributed by atoms with E-state index in [4.69, 9.17) is 5.11 Å². The molecule has 0 aromatic heterocycles. The second-order valence-corrected chi connectivity index (χ2v) is 5.54. The molecule has 4 heteroatoms. The summed E-state index contributed by atoms with van der Waals surface area (Å²) in [7, 11) is 0. The van der Waals surface area contributed by atoms with Gasteiger partial charge in [-0.2, -0.15) is 11.8 Å². The number of carbonyl (C=O) groups is 1. The van der Waals surface area contributed by atoms with Crippen LogP contribution in [0, 0.1) is 5.92 Å². The smallest absolute Gasteiger partial charge is 0.223 e. The van der Waals surface area contributed by atoms with E-state index in [2.05, 4.69) is 5.32 Å². The Bertz CT molecular complexity index is 193.